The van der Waals surface area contributed by atoms with Crippen molar-refractivity contribution in [2.45, 2.75) is 13.0 Å². The summed E-state index contributed by atoms with van der Waals surface area (Å²) in [7, 11) is 0. The predicted octanol–water partition coefficient (Wildman–Crippen LogP) is 4.05. The van der Waals surface area contributed by atoms with Crippen LogP contribution in [0.3, 0.4) is 0 Å². The van der Waals surface area contributed by atoms with Crippen LogP contribution in [0, 0.1) is 0 Å². The fourth-order valence-electron chi connectivity index (χ4n) is 3.15. The molecule has 1 amide bonds. The normalized spacial score (nSPS) is 15.0. The molecule has 0 bridgehead atoms. The summed E-state index contributed by atoms with van der Waals surface area (Å²) in [4.78, 5) is 16.2. The molecule has 0 saturated carbocycles. The highest BCUT2D eigenvalue weighted by Gasteiger charge is 2.25. The number of nitrogens with zero attached hydrogens (tertiary/aromatic N) is 2. The summed E-state index contributed by atoms with van der Waals surface area (Å²) in [5.41, 5.74) is 1.62. The van der Waals surface area contributed by atoms with Crippen molar-refractivity contribution in [1.29, 1.82) is 0 Å². The third-order valence-electron chi connectivity index (χ3n) is 4.57. The largest absolute Gasteiger partial charge is 0.435 e. The smallest absolute Gasteiger partial charge is 0.387 e. The van der Waals surface area contributed by atoms with E-state index in [4.69, 9.17) is 0 Å². The lowest BCUT2D eigenvalue weighted by Gasteiger charge is -2.34. The minimum atomic E-state index is -2.90. The monoisotopic (exact) mass is 411 g/mol. The second-order valence-electron chi connectivity index (χ2n) is 6.56. The maximum Gasteiger partial charge on any atom is 0.387 e. The molecule has 1 fully saturated rings. The first kappa shape index (κ1) is 20.9. The van der Waals surface area contributed by atoms with Gasteiger partial charge in [0.05, 0.1) is 17.8 Å². The van der Waals surface area contributed by atoms with Gasteiger partial charge in [0.15, 0.2) is 0 Å². The molecular formula is C20H21F4N3O2. The molecule has 2 aromatic carbocycles. The molecule has 0 atom stereocenters. The van der Waals surface area contributed by atoms with E-state index >= 15 is 0 Å². The van der Waals surface area contributed by atoms with Crippen LogP contribution in [0.2, 0.25) is 0 Å². The van der Waals surface area contributed by atoms with E-state index < -0.39 is 13.0 Å². The molecule has 3 rings (SSSR count). The zero-order valence-electron chi connectivity index (χ0n) is 15.5. The molecule has 1 N–H and O–H groups in total. The average Bonchev–Trinajstić information content (AvgIpc) is 2.69. The van der Waals surface area contributed by atoms with E-state index in [0.717, 1.165) is 0 Å². The third kappa shape index (κ3) is 5.83. The first-order valence-corrected chi connectivity index (χ1v) is 9.13. The average molecular weight is 411 g/mol. The van der Waals surface area contributed by atoms with Crippen molar-refractivity contribution in [3.8, 4) is 5.75 Å². The number of hydrogen-bond donors (Lipinski definition) is 1. The molecule has 0 unspecified atom stereocenters. The van der Waals surface area contributed by atoms with E-state index in [2.05, 4.69) is 10.1 Å². The Kier molecular flexibility index (Phi) is 6.92. The van der Waals surface area contributed by atoms with Gasteiger partial charge in [0.2, 0.25) is 0 Å². The van der Waals surface area contributed by atoms with Crippen molar-refractivity contribution in [1.82, 2.24) is 9.80 Å². The number of hydrogen-bond acceptors (Lipinski definition) is 4. The van der Waals surface area contributed by atoms with Crippen LogP contribution in [0.5, 0.6) is 5.75 Å². The number of halogens is 4. The van der Waals surface area contributed by atoms with Crippen LogP contribution in [-0.4, -0.2) is 61.5 Å². The molecule has 1 aliphatic rings. The minimum absolute atomic E-state index is 0.0385. The highest BCUT2D eigenvalue weighted by atomic mass is 19.3. The molecule has 156 valence electrons. The molecule has 1 heterocycles. The lowest BCUT2D eigenvalue weighted by atomic mass is 10.1. The van der Waals surface area contributed by atoms with Crippen molar-refractivity contribution in [3.05, 3.63) is 54.1 Å². The predicted molar refractivity (Wildman–Crippen MR) is 101 cm³/mol. The highest BCUT2D eigenvalue weighted by molar-refractivity contribution is 6.00. The van der Waals surface area contributed by atoms with E-state index in [0.29, 0.717) is 43.1 Å². The number of piperazine rings is 1. The van der Waals surface area contributed by atoms with Crippen LogP contribution in [0.4, 0.5) is 28.9 Å². The van der Waals surface area contributed by atoms with Gasteiger partial charge >= 0.3 is 6.61 Å². The van der Waals surface area contributed by atoms with Crippen molar-refractivity contribution >= 4 is 17.3 Å². The zero-order chi connectivity index (χ0) is 20.8. The number of benzene rings is 2. The Hall–Kier alpha value is -2.81. The summed E-state index contributed by atoms with van der Waals surface area (Å²) in [6, 6.07) is 12.9. The summed E-state index contributed by atoms with van der Waals surface area (Å²) in [6.07, 6.45) is -2.39. The number of amides is 1. The van der Waals surface area contributed by atoms with E-state index in [-0.39, 0.29) is 18.2 Å². The van der Waals surface area contributed by atoms with E-state index in [1.54, 1.807) is 46.2 Å². The summed E-state index contributed by atoms with van der Waals surface area (Å²) in [5, 5.41) is 3.11. The molecule has 9 heteroatoms. The lowest BCUT2D eigenvalue weighted by Crippen LogP contribution is -2.49. The van der Waals surface area contributed by atoms with Gasteiger partial charge in [-0.25, -0.2) is 8.78 Å². The molecule has 0 spiro atoms. The summed E-state index contributed by atoms with van der Waals surface area (Å²) in [5.74, 6) is -0.154. The second kappa shape index (κ2) is 9.60. The third-order valence-corrected chi connectivity index (χ3v) is 4.57. The van der Waals surface area contributed by atoms with Crippen molar-refractivity contribution < 1.29 is 27.1 Å². The van der Waals surface area contributed by atoms with Crippen molar-refractivity contribution in [2.24, 2.45) is 0 Å². The van der Waals surface area contributed by atoms with Crippen molar-refractivity contribution in [3.63, 3.8) is 0 Å². The Labute approximate surface area is 165 Å². The van der Waals surface area contributed by atoms with Crippen LogP contribution in [-0.2, 0) is 0 Å². The number of nitrogens with one attached hydrogen (secondary N) is 1. The van der Waals surface area contributed by atoms with Gasteiger partial charge in [-0.2, -0.15) is 8.78 Å². The standard InChI is InChI=1S/C20H21F4N3O2/c21-18(22)13-26-9-11-27(12-10-26)19(28)16-3-1-2-4-17(16)25-14-5-7-15(8-6-14)29-20(23)24/h1-8,18,20,25H,9-13H2. The molecular weight excluding hydrogens is 390 g/mol. The molecule has 0 radical (unpaired) electrons. The van der Waals surface area contributed by atoms with E-state index in [1.165, 1.54) is 12.1 Å². The molecule has 2 aromatic rings. The minimum Gasteiger partial charge on any atom is -0.435 e. The Bertz CT molecular complexity index is 810. The lowest BCUT2D eigenvalue weighted by molar-refractivity contribution is -0.0498. The fourth-order valence-corrected chi connectivity index (χ4v) is 3.15. The molecule has 1 aliphatic heterocycles. The Morgan fingerprint density at radius 3 is 2.24 bits per heavy atom. The van der Waals surface area contributed by atoms with Gasteiger partial charge in [-0.05, 0) is 36.4 Å². The zero-order valence-corrected chi connectivity index (χ0v) is 15.5. The van der Waals surface area contributed by atoms with Gasteiger partial charge < -0.3 is 15.0 Å². The topological polar surface area (TPSA) is 44.8 Å². The van der Waals surface area contributed by atoms with Crippen LogP contribution in [0.15, 0.2) is 48.5 Å². The Morgan fingerprint density at radius 2 is 1.62 bits per heavy atom. The molecule has 0 aromatic heterocycles. The molecule has 29 heavy (non-hydrogen) atoms. The number of alkyl halides is 4. The summed E-state index contributed by atoms with van der Waals surface area (Å²) >= 11 is 0. The van der Waals surface area contributed by atoms with Crippen LogP contribution >= 0.6 is 0 Å². The van der Waals surface area contributed by atoms with Crippen LogP contribution in [0.1, 0.15) is 10.4 Å². The number of ether oxygens (including phenoxy) is 1. The van der Waals surface area contributed by atoms with Gasteiger partial charge in [-0.15, -0.1) is 0 Å². The number of para-hydroxylation sites is 1. The summed E-state index contributed by atoms with van der Waals surface area (Å²) in [6.45, 7) is -1.63. The first-order valence-electron chi connectivity index (χ1n) is 9.13. The SMILES string of the molecule is O=C(c1ccccc1Nc1ccc(OC(F)F)cc1)N1CCN(CC(F)F)CC1. The van der Waals surface area contributed by atoms with Crippen molar-refractivity contribution in [2.75, 3.05) is 38.0 Å². The number of anilines is 2. The number of rotatable bonds is 7. The Balaban J connectivity index is 1.66. The summed E-state index contributed by atoms with van der Waals surface area (Å²) < 4.78 is 53.8. The van der Waals surface area contributed by atoms with Gasteiger partial charge in [0.1, 0.15) is 5.75 Å². The quantitative estimate of drug-likeness (QED) is 0.699. The fraction of sp³-hybridized carbons (Fsp3) is 0.350. The Morgan fingerprint density at radius 1 is 0.966 bits per heavy atom. The van der Waals surface area contributed by atoms with Crippen LogP contribution < -0.4 is 10.1 Å². The molecule has 1 saturated heterocycles. The van der Waals surface area contributed by atoms with E-state index in [1.807, 2.05) is 0 Å². The maximum absolute atomic E-state index is 12.9. The molecule has 5 nitrogen and oxygen atoms in total. The van der Waals surface area contributed by atoms with E-state index in [9.17, 15) is 22.4 Å². The second-order valence-corrected chi connectivity index (χ2v) is 6.56. The van der Waals surface area contributed by atoms with Gasteiger partial charge in [0, 0.05) is 31.9 Å². The highest BCUT2D eigenvalue weighted by Crippen LogP contribution is 2.25. The number of carbonyl (C=O) groups is 1. The van der Waals surface area contributed by atoms with Gasteiger partial charge in [0.25, 0.3) is 12.3 Å². The van der Waals surface area contributed by atoms with Gasteiger partial charge in [-0.1, -0.05) is 12.1 Å². The maximum atomic E-state index is 12.9. The van der Waals surface area contributed by atoms with Gasteiger partial charge in [-0.3, -0.25) is 9.69 Å². The number of carbonyl (C=O) groups excluding carboxylic acids is 1. The first-order chi connectivity index (χ1) is 13.9. The molecule has 0 aliphatic carbocycles. The van der Waals surface area contributed by atoms with Crippen LogP contribution in [0.25, 0.3) is 0 Å².